The first-order valence-corrected chi connectivity index (χ1v) is 7.90. The van der Waals surface area contributed by atoms with Crippen LogP contribution in [0.25, 0.3) is 0 Å². The Morgan fingerprint density at radius 3 is 2.75 bits per heavy atom. The minimum absolute atomic E-state index is 0.124. The van der Waals surface area contributed by atoms with Crippen molar-refractivity contribution in [1.29, 1.82) is 5.26 Å². The van der Waals surface area contributed by atoms with Gasteiger partial charge in [0.15, 0.2) is 0 Å². The Hall–Kier alpha value is -2.81. The molecule has 124 valence electrons. The lowest BCUT2D eigenvalue weighted by atomic mass is 10.0. The van der Waals surface area contributed by atoms with Crippen molar-refractivity contribution >= 4 is 5.95 Å². The molecule has 1 saturated heterocycles. The van der Waals surface area contributed by atoms with E-state index in [1.807, 2.05) is 25.1 Å². The van der Waals surface area contributed by atoms with Crippen LogP contribution in [0.5, 0.6) is 11.5 Å². The minimum Gasteiger partial charge on any atom is -0.497 e. The van der Waals surface area contributed by atoms with Crippen LogP contribution in [-0.2, 0) is 0 Å². The molecule has 2 heterocycles. The minimum atomic E-state index is 0.124. The molecule has 0 amide bonds. The molecular weight excluding hydrogens is 304 g/mol. The van der Waals surface area contributed by atoms with E-state index in [9.17, 15) is 0 Å². The number of benzene rings is 1. The lowest BCUT2D eigenvalue weighted by molar-refractivity contribution is 0.388. The van der Waals surface area contributed by atoms with Crippen molar-refractivity contribution in [3.8, 4) is 17.6 Å². The highest BCUT2D eigenvalue weighted by Gasteiger charge is 2.30. The fourth-order valence-electron chi connectivity index (χ4n) is 3.16. The fourth-order valence-corrected chi connectivity index (χ4v) is 3.16. The topological polar surface area (TPSA) is 71.3 Å². The van der Waals surface area contributed by atoms with Gasteiger partial charge in [-0.05, 0) is 38.0 Å². The summed E-state index contributed by atoms with van der Waals surface area (Å²) in [7, 11) is 3.30. The van der Waals surface area contributed by atoms with Crippen LogP contribution in [-0.4, -0.2) is 30.7 Å². The second kappa shape index (κ2) is 6.75. The van der Waals surface area contributed by atoms with Crippen molar-refractivity contribution in [3.63, 3.8) is 0 Å². The summed E-state index contributed by atoms with van der Waals surface area (Å²) in [6, 6.07) is 9.78. The van der Waals surface area contributed by atoms with Gasteiger partial charge in [0, 0.05) is 23.9 Å². The van der Waals surface area contributed by atoms with Crippen LogP contribution in [0.2, 0.25) is 0 Å². The van der Waals surface area contributed by atoms with E-state index in [4.69, 9.17) is 14.7 Å². The zero-order valence-corrected chi connectivity index (χ0v) is 14.1. The maximum atomic E-state index is 9.16. The van der Waals surface area contributed by atoms with Crippen molar-refractivity contribution in [3.05, 3.63) is 41.2 Å². The van der Waals surface area contributed by atoms with Gasteiger partial charge in [-0.15, -0.1) is 0 Å². The van der Waals surface area contributed by atoms with Crippen LogP contribution >= 0.6 is 0 Å². The number of ether oxygens (including phenoxy) is 2. The average Bonchev–Trinajstić information content (AvgIpc) is 3.10. The summed E-state index contributed by atoms with van der Waals surface area (Å²) in [5.41, 5.74) is 2.27. The van der Waals surface area contributed by atoms with Crippen LogP contribution in [0.1, 0.15) is 35.8 Å². The molecule has 1 aromatic carbocycles. The van der Waals surface area contributed by atoms with E-state index in [1.165, 1.54) is 0 Å². The highest BCUT2D eigenvalue weighted by molar-refractivity contribution is 5.48. The van der Waals surface area contributed by atoms with Gasteiger partial charge in [0.25, 0.3) is 0 Å². The van der Waals surface area contributed by atoms with Crippen LogP contribution < -0.4 is 14.4 Å². The van der Waals surface area contributed by atoms with Crippen molar-refractivity contribution in [2.75, 3.05) is 25.7 Å². The largest absolute Gasteiger partial charge is 0.497 e. The average molecular weight is 324 g/mol. The predicted molar refractivity (Wildman–Crippen MR) is 90.4 cm³/mol. The number of rotatable bonds is 4. The molecule has 24 heavy (non-hydrogen) atoms. The Kier molecular flexibility index (Phi) is 4.52. The number of aryl methyl sites for hydroxylation is 1. The summed E-state index contributed by atoms with van der Waals surface area (Å²) in [5.74, 6) is 2.16. The van der Waals surface area contributed by atoms with Crippen LogP contribution in [0.3, 0.4) is 0 Å². The van der Waals surface area contributed by atoms with E-state index in [-0.39, 0.29) is 6.04 Å². The molecule has 6 heteroatoms. The van der Waals surface area contributed by atoms with E-state index in [0.717, 1.165) is 42.1 Å². The smallest absolute Gasteiger partial charge is 0.227 e. The predicted octanol–water partition coefficient (Wildman–Crippen LogP) is 3.02. The second-order valence-electron chi connectivity index (χ2n) is 5.77. The first-order chi connectivity index (χ1) is 11.7. The van der Waals surface area contributed by atoms with Gasteiger partial charge < -0.3 is 14.4 Å². The molecule has 1 atom stereocenters. The molecule has 1 unspecified atom stereocenters. The molecule has 1 fully saturated rings. The van der Waals surface area contributed by atoms with E-state index >= 15 is 0 Å². The Morgan fingerprint density at radius 2 is 2.04 bits per heavy atom. The van der Waals surface area contributed by atoms with Gasteiger partial charge in [-0.1, -0.05) is 0 Å². The van der Waals surface area contributed by atoms with Gasteiger partial charge in [-0.25, -0.2) is 9.97 Å². The van der Waals surface area contributed by atoms with Gasteiger partial charge in [0.2, 0.25) is 5.95 Å². The van der Waals surface area contributed by atoms with Gasteiger partial charge in [0.05, 0.1) is 20.3 Å². The first-order valence-electron chi connectivity index (χ1n) is 7.90. The number of methoxy groups -OCH3 is 2. The Balaban J connectivity index is 2.00. The summed E-state index contributed by atoms with van der Waals surface area (Å²) in [5, 5.41) is 9.16. The summed E-state index contributed by atoms with van der Waals surface area (Å²) in [4.78, 5) is 11.1. The van der Waals surface area contributed by atoms with Gasteiger partial charge >= 0.3 is 0 Å². The van der Waals surface area contributed by atoms with Crippen molar-refractivity contribution in [1.82, 2.24) is 9.97 Å². The number of hydrogen-bond acceptors (Lipinski definition) is 6. The van der Waals surface area contributed by atoms with E-state index in [0.29, 0.717) is 11.6 Å². The van der Waals surface area contributed by atoms with E-state index in [1.54, 1.807) is 20.3 Å². The quantitative estimate of drug-likeness (QED) is 0.861. The Bertz CT molecular complexity index is 785. The number of hydrogen-bond donors (Lipinski definition) is 0. The summed E-state index contributed by atoms with van der Waals surface area (Å²) in [6.45, 7) is 2.74. The summed E-state index contributed by atoms with van der Waals surface area (Å²) in [6.07, 6.45) is 2.03. The van der Waals surface area contributed by atoms with Gasteiger partial charge in [-0.3, -0.25) is 0 Å². The molecule has 0 N–H and O–H groups in total. The van der Waals surface area contributed by atoms with Gasteiger partial charge in [-0.2, -0.15) is 5.26 Å². The standard InChI is InChI=1S/C18H20N4O2/c1-12-9-13(11-19)21-18(20-12)22-8-4-5-16(22)15-7-6-14(23-2)10-17(15)24-3/h6-7,9-10,16H,4-5,8H2,1-3H3. The van der Waals surface area contributed by atoms with Crippen molar-refractivity contribution in [2.24, 2.45) is 0 Å². The molecule has 0 bridgehead atoms. The third kappa shape index (κ3) is 2.98. The van der Waals surface area contributed by atoms with Crippen molar-refractivity contribution in [2.45, 2.75) is 25.8 Å². The summed E-state index contributed by atoms with van der Waals surface area (Å²) < 4.78 is 10.8. The molecule has 1 aromatic heterocycles. The van der Waals surface area contributed by atoms with Gasteiger partial charge in [0.1, 0.15) is 23.3 Å². The van der Waals surface area contributed by atoms with E-state index < -0.39 is 0 Å². The molecule has 1 aliphatic rings. The molecule has 1 aliphatic heterocycles. The van der Waals surface area contributed by atoms with Crippen LogP contribution in [0.15, 0.2) is 24.3 Å². The molecule has 2 aromatic rings. The third-order valence-electron chi connectivity index (χ3n) is 4.27. The Labute approximate surface area is 141 Å². The molecule has 6 nitrogen and oxygen atoms in total. The Morgan fingerprint density at radius 1 is 1.21 bits per heavy atom. The van der Waals surface area contributed by atoms with Crippen LogP contribution in [0.4, 0.5) is 5.95 Å². The second-order valence-corrected chi connectivity index (χ2v) is 5.77. The van der Waals surface area contributed by atoms with E-state index in [2.05, 4.69) is 20.9 Å². The monoisotopic (exact) mass is 324 g/mol. The maximum absolute atomic E-state index is 9.16. The molecule has 3 rings (SSSR count). The maximum Gasteiger partial charge on any atom is 0.227 e. The van der Waals surface area contributed by atoms with Crippen LogP contribution in [0, 0.1) is 18.3 Å². The number of aromatic nitrogens is 2. The lowest BCUT2D eigenvalue weighted by Crippen LogP contribution is -2.25. The zero-order valence-electron chi connectivity index (χ0n) is 14.1. The first kappa shape index (κ1) is 16.1. The SMILES string of the molecule is COc1ccc(C2CCCN2c2nc(C)cc(C#N)n2)c(OC)c1. The highest BCUT2D eigenvalue weighted by Crippen LogP contribution is 2.40. The molecule has 0 radical (unpaired) electrons. The zero-order chi connectivity index (χ0) is 17.1. The molecule has 0 spiro atoms. The normalized spacial score (nSPS) is 16.8. The van der Waals surface area contributed by atoms with Crippen molar-refractivity contribution < 1.29 is 9.47 Å². The number of nitriles is 1. The molecule has 0 saturated carbocycles. The molecular formula is C18H20N4O2. The summed E-state index contributed by atoms with van der Waals surface area (Å²) >= 11 is 0. The lowest BCUT2D eigenvalue weighted by Gasteiger charge is -2.26. The third-order valence-corrected chi connectivity index (χ3v) is 4.27. The molecule has 0 aliphatic carbocycles. The fraction of sp³-hybridized carbons (Fsp3) is 0.389. The number of anilines is 1. The highest BCUT2D eigenvalue weighted by atomic mass is 16.5. The number of nitrogens with zero attached hydrogens (tertiary/aromatic N) is 4.